The van der Waals surface area contributed by atoms with Crippen LogP contribution in [0.5, 0.6) is 0 Å². The lowest BCUT2D eigenvalue weighted by molar-refractivity contribution is -0.131. The van der Waals surface area contributed by atoms with Gasteiger partial charge in [-0.1, -0.05) is 60.7 Å². The monoisotopic (exact) mass is 665 g/mol. The van der Waals surface area contributed by atoms with Crippen molar-refractivity contribution in [3.63, 3.8) is 0 Å². The quantitative estimate of drug-likeness (QED) is 0.0455. The summed E-state index contributed by atoms with van der Waals surface area (Å²) in [5, 5.41) is 6.95. The van der Waals surface area contributed by atoms with Crippen LogP contribution in [0.25, 0.3) is 21.1 Å². The van der Waals surface area contributed by atoms with Gasteiger partial charge in [0.15, 0.2) is 22.5 Å². The number of carbonyl (C=O) groups excluding carboxylic acids is 4. The number of fused-ring (bicyclic) bond motifs is 2. The Kier molecular flexibility index (Phi) is 11.3. The molecule has 7 N–H and O–H groups in total. The van der Waals surface area contributed by atoms with E-state index >= 15 is 0 Å². The van der Waals surface area contributed by atoms with Crippen molar-refractivity contribution in [2.24, 2.45) is 22.4 Å². The van der Waals surface area contributed by atoms with Crippen LogP contribution in [0.2, 0.25) is 0 Å². The lowest BCUT2D eigenvalue weighted by atomic mass is 9.88. The minimum Gasteiger partial charge on any atom is -0.370 e. The van der Waals surface area contributed by atoms with Crippen LogP contribution in [-0.4, -0.2) is 57.9 Å². The molecule has 0 spiro atoms. The van der Waals surface area contributed by atoms with Crippen LogP contribution in [0.15, 0.2) is 90.1 Å². The first-order valence-corrected chi connectivity index (χ1v) is 16.6. The van der Waals surface area contributed by atoms with Crippen LogP contribution >= 0.6 is 11.3 Å². The Labute approximate surface area is 282 Å². The van der Waals surface area contributed by atoms with Gasteiger partial charge in [-0.2, -0.15) is 0 Å². The average molecular weight is 666 g/mol. The maximum absolute atomic E-state index is 14.1. The SMILES string of the molecule is CC(=O)N[C@@H](Cc1c[nH]c2ccccc12)C(=O)N[C@@H](Cc1ccccc1)C(=O)C[C@@H](CCCN=C(N)N)C(=O)c1nc2ccccc2s1. The Balaban J connectivity index is 1.39. The van der Waals surface area contributed by atoms with Crippen LogP contribution in [0.4, 0.5) is 0 Å². The average Bonchev–Trinajstić information content (AvgIpc) is 3.70. The van der Waals surface area contributed by atoms with Gasteiger partial charge in [-0.05, 0) is 48.6 Å². The number of aromatic nitrogens is 2. The summed E-state index contributed by atoms with van der Waals surface area (Å²) in [4.78, 5) is 65.9. The van der Waals surface area contributed by atoms with Crippen LogP contribution in [0, 0.1) is 5.92 Å². The van der Waals surface area contributed by atoms with Crippen LogP contribution in [0.3, 0.4) is 0 Å². The number of carbonyl (C=O) groups is 4. The van der Waals surface area contributed by atoms with Crippen LogP contribution in [0.1, 0.15) is 47.1 Å². The summed E-state index contributed by atoms with van der Waals surface area (Å²) < 4.78 is 0.875. The number of H-pyrrole nitrogens is 1. The molecule has 3 aromatic carbocycles. The number of aromatic amines is 1. The molecule has 0 aliphatic carbocycles. The lowest BCUT2D eigenvalue weighted by Crippen LogP contribution is -2.53. The zero-order valence-corrected chi connectivity index (χ0v) is 27.5. The number of guanidine groups is 1. The molecule has 48 heavy (non-hydrogen) atoms. The summed E-state index contributed by atoms with van der Waals surface area (Å²) in [6.07, 6.45) is 2.93. The summed E-state index contributed by atoms with van der Waals surface area (Å²) >= 11 is 1.29. The molecular formula is C36H39N7O4S. The maximum Gasteiger partial charge on any atom is 0.243 e. The molecule has 0 saturated heterocycles. The smallest absolute Gasteiger partial charge is 0.243 e. The second-order valence-corrected chi connectivity index (χ2v) is 12.8. The van der Waals surface area contributed by atoms with E-state index in [1.54, 1.807) is 0 Å². The summed E-state index contributed by atoms with van der Waals surface area (Å²) in [6.45, 7) is 1.65. The predicted octanol–water partition coefficient (Wildman–Crippen LogP) is 4.06. The number of aliphatic imine (C=N–C) groups is 1. The molecule has 0 fully saturated rings. The third kappa shape index (κ3) is 8.91. The number of hydrogen-bond acceptors (Lipinski definition) is 7. The summed E-state index contributed by atoms with van der Waals surface area (Å²) in [6, 6.07) is 22.6. The zero-order chi connectivity index (χ0) is 34.0. The van der Waals surface area contributed by atoms with Crippen molar-refractivity contribution in [2.75, 3.05) is 6.54 Å². The molecule has 0 unspecified atom stereocenters. The lowest BCUT2D eigenvalue weighted by Gasteiger charge is -2.24. The molecular weight excluding hydrogens is 627 g/mol. The molecule has 2 heterocycles. The van der Waals surface area contributed by atoms with Gasteiger partial charge in [0.05, 0.1) is 16.3 Å². The molecule has 11 nitrogen and oxygen atoms in total. The Morgan fingerprint density at radius 1 is 0.896 bits per heavy atom. The highest BCUT2D eigenvalue weighted by atomic mass is 32.1. The van der Waals surface area contributed by atoms with Gasteiger partial charge >= 0.3 is 0 Å². The van der Waals surface area contributed by atoms with Crippen molar-refractivity contribution in [3.05, 3.63) is 101 Å². The van der Waals surface area contributed by atoms with Gasteiger partial charge in [-0.3, -0.25) is 24.2 Å². The van der Waals surface area contributed by atoms with E-state index in [0.29, 0.717) is 29.9 Å². The number of benzene rings is 3. The highest BCUT2D eigenvalue weighted by Gasteiger charge is 2.32. The molecule has 2 aromatic heterocycles. The number of amides is 2. The van der Waals surface area contributed by atoms with Gasteiger partial charge in [0.1, 0.15) is 6.04 Å². The molecule has 248 valence electrons. The highest BCUT2D eigenvalue weighted by molar-refractivity contribution is 7.20. The number of para-hydroxylation sites is 2. The number of rotatable bonds is 16. The fraction of sp³-hybridized carbons (Fsp3) is 0.278. The van der Waals surface area contributed by atoms with Gasteiger partial charge in [0.2, 0.25) is 11.8 Å². The zero-order valence-electron chi connectivity index (χ0n) is 26.6. The van der Waals surface area contributed by atoms with E-state index in [1.165, 1.54) is 18.3 Å². The van der Waals surface area contributed by atoms with Crippen LogP contribution < -0.4 is 22.1 Å². The topological polar surface area (TPSA) is 185 Å². The van der Waals surface area contributed by atoms with Crippen LogP contribution in [-0.2, 0) is 27.2 Å². The molecule has 0 aliphatic rings. The molecule has 0 bridgehead atoms. The summed E-state index contributed by atoms with van der Waals surface area (Å²) in [5.74, 6) is -2.17. The normalized spacial score (nSPS) is 13.0. The number of thiazole rings is 1. The maximum atomic E-state index is 14.1. The van der Waals surface area contributed by atoms with E-state index < -0.39 is 23.9 Å². The highest BCUT2D eigenvalue weighted by Crippen LogP contribution is 2.27. The van der Waals surface area contributed by atoms with Crippen molar-refractivity contribution in [2.45, 2.75) is 51.1 Å². The first-order chi connectivity index (χ1) is 23.2. The van der Waals surface area contributed by atoms with E-state index in [-0.39, 0.29) is 42.7 Å². The Bertz CT molecular complexity index is 1900. The van der Waals surface area contributed by atoms with Gasteiger partial charge < -0.3 is 27.1 Å². The van der Waals surface area contributed by atoms with Crippen molar-refractivity contribution >= 4 is 61.8 Å². The van der Waals surface area contributed by atoms with E-state index in [9.17, 15) is 19.2 Å². The Morgan fingerprint density at radius 2 is 1.62 bits per heavy atom. The number of ketones is 2. The van der Waals surface area contributed by atoms with E-state index in [0.717, 1.165) is 26.7 Å². The third-order valence-electron chi connectivity index (χ3n) is 8.11. The largest absolute Gasteiger partial charge is 0.370 e. The first-order valence-electron chi connectivity index (χ1n) is 15.8. The van der Waals surface area contributed by atoms with Crippen molar-refractivity contribution in [1.82, 2.24) is 20.6 Å². The minimum absolute atomic E-state index is 0.0490. The summed E-state index contributed by atoms with van der Waals surface area (Å²) in [7, 11) is 0. The minimum atomic E-state index is -0.956. The number of nitrogens with two attached hydrogens (primary N) is 2. The predicted molar refractivity (Wildman–Crippen MR) is 189 cm³/mol. The molecule has 0 radical (unpaired) electrons. The van der Waals surface area contributed by atoms with Gasteiger partial charge in [-0.25, -0.2) is 4.98 Å². The number of nitrogens with one attached hydrogen (secondary N) is 3. The standard InChI is InChI=1S/C36H39N7O4S/c1-22(44)41-30(19-25-21-40-27-14-6-5-13-26(25)27)34(47)42-29(18-23-10-3-2-4-11-23)31(45)20-24(12-9-17-39-36(37)38)33(46)35-43-28-15-7-8-16-32(28)48-35/h2-8,10-11,13-16,21,24,29-30,40H,9,12,17-20H2,1H3,(H,41,44)(H,42,47)(H4,37,38,39)/t24-,29+,30+/m1/s1. The fourth-order valence-corrected chi connectivity index (χ4v) is 6.74. The van der Waals surface area contributed by atoms with Gasteiger partial charge in [0.25, 0.3) is 0 Å². The molecule has 3 atom stereocenters. The van der Waals surface area contributed by atoms with Gasteiger partial charge in [0, 0.05) is 49.3 Å². The number of Topliss-reactive ketones (excluding diaryl/α,β-unsaturated/α-hetero) is 2. The number of hydrogen-bond donors (Lipinski definition) is 5. The third-order valence-corrected chi connectivity index (χ3v) is 9.16. The Morgan fingerprint density at radius 3 is 2.38 bits per heavy atom. The van der Waals surface area contributed by atoms with E-state index in [2.05, 4.69) is 25.6 Å². The van der Waals surface area contributed by atoms with Crippen molar-refractivity contribution < 1.29 is 19.2 Å². The van der Waals surface area contributed by atoms with Crippen molar-refractivity contribution in [1.29, 1.82) is 0 Å². The van der Waals surface area contributed by atoms with E-state index in [1.807, 2.05) is 85.1 Å². The molecule has 12 heteroatoms. The first kappa shape index (κ1) is 34.0. The molecule has 2 amide bonds. The van der Waals surface area contributed by atoms with Crippen molar-refractivity contribution in [3.8, 4) is 0 Å². The molecule has 0 aliphatic heterocycles. The van der Waals surface area contributed by atoms with Gasteiger partial charge in [-0.15, -0.1) is 11.3 Å². The Hall–Kier alpha value is -5.36. The molecule has 0 saturated carbocycles. The summed E-state index contributed by atoms with van der Waals surface area (Å²) in [5.41, 5.74) is 14.3. The number of nitrogens with zero attached hydrogens (tertiary/aromatic N) is 2. The molecule has 5 rings (SSSR count). The van der Waals surface area contributed by atoms with E-state index in [4.69, 9.17) is 11.5 Å². The fourth-order valence-electron chi connectivity index (χ4n) is 5.75. The second-order valence-electron chi connectivity index (χ2n) is 11.7. The molecule has 5 aromatic rings. The second kappa shape index (κ2) is 16.0.